The van der Waals surface area contributed by atoms with Crippen LogP contribution < -0.4 is 10.6 Å². The first-order valence-corrected chi connectivity index (χ1v) is 5.96. The molecule has 2 N–H and O–H groups in total. The SMILES string of the molecule is CCC(C)NCCNCC(C)(C)CC. The summed E-state index contributed by atoms with van der Waals surface area (Å²) in [7, 11) is 0. The van der Waals surface area contributed by atoms with Gasteiger partial charge >= 0.3 is 0 Å². The Morgan fingerprint density at radius 3 is 2.29 bits per heavy atom. The molecule has 0 aromatic rings. The predicted molar refractivity (Wildman–Crippen MR) is 64.7 cm³/mol. The van der Waals surface area contributed by atoms with Crippen LogP contribution in [0.25, 0.3) is 0 Å². The average molecular weight is 200 g/mol. The lowest BCUT2D eigenvalue weighted by Gasteiger charge is -2.23. The molecule has 86 valence electrons. The maximum absolute atomic E-state index is 3.49. The maximum Gasteiger partial charge on any atom is 0.00792 e. The van der Waals surface area contributed by atoms with E-state index in [1.807, 2.05) is 0 Å². The van der Waals surface area contributed by atoms with E-state index < -0.39 is 0 Å². The second-order valence-electron chi connectivity index (χ2n) is 4.96. The van der Waals surface area contributed by atoms with E-state index in [1.165, 1.54) is 12.8 Å². The van der Waals surface area contributed by atoms with Gasteiger partial charge < -0.3 is 10.6 Å². The van der Waals surface area contributed by atoms with E-state index in [-0.39, 0.29) is 0 Å². The Labute approximate surface area is 89.9 Å². The summed E-state index contributed by atoms with van der Waals surface area (Å²) in [5.41, 5.74) is 0.441. The molecule has 0 aliphatic carbocycles. The minimum atomic E-state index is 0.441. The second-order valence-corrected chi connectivity index (χ2v) is 4.96. The lowest BCUT2D eigenvalue weighted by molar-refractivity contribution is 0.327. The molecule has 1 atom stereocenters. The largest absolute Gasteiger partial charge is 0.315 e. The minimum Gasteiger partial charge on any atom is -0.315 e. The van der Waals surface area contributed by atoms with Crippen LogP contribution in [0.15, 0.2) is 0 Å². The molecule has 0 spiro atoms. The summed E-state index contributed by atoms with van der Waals surface area (Å²) in [5, 5.41) is 6.97. The fourth-order valence-corrected chi connectivity index (χ4v) is 1.10. The molecule has 0 amide bonds. The van der Waals surface area contributed by atoms with Crippen LogP contribution in [0.1, 0.15) is 47.5 Å². The van der Waals surface area contributed by atoms with Crippen molar-refractivity contribution < 1.29 is 0 Å². The summed E-state index contributed by atoms with van der Waals surface area (Å²) in [6.45, 7) is 14.6. The van der Waals surface area contributed by atoms with Crippen LogP contribution in [0.2, 0.25) is 0 Å². The van der Waals surface area contributed by atoms with Crippen molar-refractivity contribution in [1.29, 1.82) is 0 Å². The van der Waals surface area contributed by atoms with Gasteiger partial charge in [-0.3, -0.25) is 0 Å². The van der Waals surface area contributed by atoms with Crippen molar-refractivity contribution in [1.82, 2.24) is 10.6 Å². The Bertz CT molecular complexity index is 132. The Hall–Kier alpha value is -0.0800. The highest BCUT2D eigenvalue weighted by molar-refractivity contribution is 4.69. The molecule has 0 aromatic heterocycles. The van der Waals surface area contributed by atoms with E-state index >= 15 is 0 Å². The van der Waals surface area contributed by atoms with E-state index in [1.54, 1.807) is 0 Å². The zero-order valence-corrected chi connectivity index (χ0v) is 10.6. The van der Waals surface area contributed by atoms with E-state index in [0.717, 1.165) is 19.6 Å². The zero-order valence-electron chi connectivity index (χ0n) is 10.6. The van der Waals surface area contributed by atoms with Gasteiger partial charge in [-0.05, 0) is 25.2 Å². The molecule has 0 heterocycles. The van der Waals surface area contributed by atoms with Gasteiger partial charge in [0.2, 0.25) is 0 Å². The third-order valence-corrected chi connectivity index (χ3v) is 2.97. The van der Waals surface area contributed by atoms with Gasteiger partial charge in [0, 0.05) is 25.7 Å². The Balaban J connectivity index is 3.30. The second kappa shape index (κ2) is 7.24. The molecule has 1 unspecified atom stereocenters. The fraction of sp³-hybridized carbons (Fsp3) is 1.00. The van der Waals surface area contributed by atoms with Crippen molar-refractivity contribution in [3.8, 4) is 0 Å². The summed E-state index contributed by atoms with van der Waals surface area (Å²) < 4.78 is 0. The lowest BCUT2D eigenvalue weighted by Crippen LogP contribution is -2.36. The molecule has 0 saturated carbocycles. The van der Waals surface area contributed by atoms with Crippen molar-refractivity contribution >= 4 is 0 Å². The molecule has 0 saturated heterocycles. The topological polar surface area (TPSA) is 24.1 Å². The summed E-state index contributed by atoms with van der Waals surface area (Å²) in [6, 6.07) is 0.649. The lowest BCUT2D eigenvalue weighted by atomic mass is 9.90. The van der Waals surface area contributed by atoms with Gasteiger partial charge in [0.25, 0.3) is 0 Å². The molecule has 0 aromatic carbocycles. The van der Waals surface area contributed by atoms with Gasteiger partial charge in [-0.25, -0.2) is 0 Å². The van der Waals surface area contributed by atoms with Gasteiger partial charge in [0.1, 0.15) is 0 Å². The first kappa shape index (κ1) is 13.9. The Morgan fingerprint density at radius 1 is 1.14 bits per heavy atom. The summed E-state index contributed by atoms with van der Waals surface area (Å²) >= 11 is 0. The molecule has 14 heavy (non-hydrogen) atoms. The fourth-order valence-electron chi connectivity index (χ4n) is 1.10. The predicted octanol–water partition coefficient (Wildman–Crippen LogP) is 2.40. The van der Waals surface area contributed by atoms with Crippen LogP contribution in [-0.4, -0.2) is 25.7 Å². The summed E-state index contributed by atoms with van der Waals surface area (Å²) in [5.74, 6) is 0. The molecule has 0 radical (unpaired) electrons. The normalized spacial score (nSPS) is 14.4. The van der Waals surface area contributed by atoms with Crippen LogP contribution in [-0.2, 0) is 0 Å². The third kappa shape index (κ3) is 7.34. The van der Waals surface area contributed by atoms with E-state index in [9.17, 15) is 0 Å². The molecular formula is C12H28N2. The molecule has 0 fully saturated rings. The Morgan fingerprint density at radius 2 is 1.79 bits per heavy atom. The summed E-state index contributed by atoms with van der Waals surface area (Å²) in [4.78, 5) is 0. The van der Waals surface area contributed by atoms with Gasteiger partial charge in [-0.2, -0.15) is 0 Å². The van der Waals surface area contributed by atoms with Crippen molar-refractivity contribution in [2.75, 3.05) is 19.6 Å². The minimum absolute atomic E-state index is 0.441. The molecule has 0 aliphatic heterocycles. The molecule has 0 bridgehead atoms. The van der Waals surface area contributed by atoms with Gasteiger partial charge in [-0.1, -0.05) is 27.7 Å². The highest BCUT2D eigenvalue weighted by atomic mass is 15.0. The first-order chi connectivity index (χ1) is 6.52. The van der Waals surface area contributed by atoms with Crippen LogP contribution in [0.3, 0.4) is 0 Å². The van der Waals surface area contributed by atoms with Crippen LogP contribution in [0.5, 0.6) is 0 Å². The summed E-state index contributed by atoms with van der Waals surface area (Å²) in [6.07, 6.45) is 2.44. The Kier molecular flexibility index (Phi) is 7.20. The van der Waals surface area contributed by atoms with Crippen molar-refractivity contribution in [3.63, 3.8) is 0 Å². The molecule has 2 nitrogen and oxygen atoms in total. The van der Waals surface area contributed by atoms with Crippen LogP contribution >= 0.6 is 0 Å². The molecule has 0 aliphatic rings. The van der Waals surface area contributed by atoms with Crippen molar-refractivity contribution in [3.05, 3.63) is 0 Å². The smallest absolute Gasteiger partial charge is 0.00792 e. The van der Waals surface area contributed by atoms with Gasteiger partial charge in [0.15, 0.2) is 0 Å². The maximum atomic E-state index is 3.49. The molecule has 0 rings (SSSR count). The molecule has 2 heteroatoms. The number of rotatable bonds is 8. The van der Waals surface area contributed by atoms with Crippen LogP contribution in [0.4, 0.5) is 0 Å². The number of hydrogen-bond acceptors (Lipinski definition) is 2. The highest BCUT2D eigenvalue weighted by Gasteiger charge is 2.13. The third-order valence-electron chi connectivity index (χ3n) is 2.97. The average Bonchev–Trinajstić information content (AvgIpc) is 2.17. The van der Waals surface area contributed by atoms with E-state index in [4.69, 9.17) is 0 Å². The number of nitrogens with one attached hydrogen (secondary N) is 2. The standard InChI is InChI=1S/C12H28N2/c1-6-11(3)14-9-8-13-10-12(4,5)7-2/h11,13-14H,6-10H2,1-5H3. The monoisotopic (exact) mass is 200 g/mol. The van der Waals surface area contributed by atoms with Gasteiger partial charge in [-0.15, -0.1) is 0 Å². The van der Waals surface area contributed by atoms with Gasteiger partial charge in [0.05, 0.1) is 0 Å². The number of hydrogen-bond donors (Lipinski definition) is 2. The van der Waals surface area contributed by atoms with Crippen LogP contribution in [0, 0.1) is 5.41 Å². The van der Waals surface area contributed by atoms with E-state index in [0.29, 0.717) is 11.5 Å². The highest BCUT2D eigenvalue weighted by Crippen LogP contribution is 2.17. The first-order valence-electron chi connectivity index (χ1n) is 5.96. The quantitative estimate of drug-likeness (QED) is 0.588. The van der Waals surface area contributed by atoms with Crippen molar-refractivity contribution in [2.24, 2.45) is 5.41 Å². The zero-order chi connectivity index (χ0) is 11.0. The van der Waals surface area contributed by atoms with Crippen molar-refractivity contribution in [2.45, 2.75) is 53.5 Å². The molecular weight excluding hydrogens is 172 g/mol. The van der Waals surface area contributed by atoms with E-state index in [2.05, 4.69) is 45.3 Å².